The molecular weight excluding hydrogens is 703 g/mol. The Bertz CT molecular complexity index is 939. The number of hydrogen-bond acceptors (Lipinski definition) is 4. The molecule has 0 aliphatic heterocycles. The zero-order chi connectivity index (χ0) is 37.2. The van der Waals surface area contributed by atoms with Gasteiger partial charge in [-0.2, -0.15) is 0 Å². The zero-order valence-corrected chi connectivity index (χ0v) is 39.0. The number of rotatable bonds is 16. The Labute approximate surface area is 290 Å². The second kappa shape index (κ2) is 16.7. The summed E-state index contributed by atoms with van der Waals surface area (Å²) in [7, 11) is 38.2. The quantitative estimate of drug-likeness (QED) is 0.176. The van der Waals surface area contributed by atoms with Crippen LogP contribution in [0.25, 0.3) is 0 Å². The van der Waals surface area contributed by atoms with Crippen LogP contribution < -0.4 is 0 Å². The Morgan fingerprint density at radius 2 is 0.348 bits per heavy atom. The average molecular weight is 775 g/mol. The van der Waals surface area contributed by atoms with E-state index in [1.54, 1.807) is 0 Å². The molecule has 22 heteroatoms. The molecule has 0 heterocycles. The molecule has 0 radical (unpaired) electrons. The SMILES string of the molecule is CN(C)P(=NP(Cl)(N=P(N(C)C)(N(C)C)N(C)C)(N=P(N(C)C)(N(C)C)N(C)C)N=P(N(C)C)(N(C)C)N(C)C)(N(C)C)N(C)C. The molecule has 0 unspecified atom stereocenters. The van der Waals surface area contributed by atoms with Crippen LogP contribution in [0.1, 0.15) is 0 Å². The molecule has 0 aromatic rings. The van der Waals surface area contributed by atoms with Gasteiger partial charge in [-0.25, -0.2) is 0 Å². The minimum absolute atomic E-state index is 2.06. The van der Waals surface area contributed by atoms with Crippen molar-refractivity contribution in [2.75, 3.05) is 169 Å². The summed E-state index contributed by atoms with van der Waals surface area (Å²) in [6, 6.07) is 0. The van der Waals surface area contributed by atoms with Crippen LogP contribution in [-0.4, -0.2) is 225 Å². The molecule has 0 bridgehead atoms. The second-order valence-electron chi connectivity index (χ2n) is 13.5. The van der Waals surface area contributed by atoms with Gasteiger partial charge in [-0.3, -0.25) is 0 Å². The summed E-state index contributed by atoms with van der Waals surface area (Å²) < 4.78 is 50.0. The van der Waals surface area contributed by atoms with Gasteiger partial charge < -0.3 is 0 Å². The van der Waals surface area contributed by atoms with Crippen LogP contribution in [0.5, 0.6) is 0 Å². The van der Waals surface area contributed by atoms with Crippen LogP contribution in [0.2, 0.25) is 0 Å². The van der Waals surface area contributed by atoms with Crippen LogP contribution in [0, 0.1) is 0 Å². The maximum absolute atomic E-state index is 8.72. The Morgan fingerprint density at radius 3 is 0.413 bits per heavy atom. The van der Waals surface area contributed by atoms with Crippen LogP contribution in [-0.2, 0) is 0 Å². The Hall–Kier alpha value is 1.16. The van der Waals surface area contributed by atoms with Crippen LogP contribution in [0.4, 0.5) is 0 Å². The Kier molecular flexibility index (Phi) is 17.1. The average Bonchev–Trinajstić information content (AvgIpc) is 2.86. The Balaban J connectivity index is 10.6. The fraction of sp³-hybridized carbons (Fsp3) is 1.00. The first-order chi connectivity index (χ1) is 20.4. The molecule has 0 N–H and O–H groups in total. The standard InChI is InChI=1S/C24H72ClN16P5/c1-30(2)42(31(3)4,32(5)6)26-46(25,27-43(33(7)8,34(9)10)35(11)12,28-44(36(13)14,37(15)16)38(17)18)29-45(39(19)20,40(21)22)41(23)24/h1-24H3. The fourth-order valence-electron chi connectivity index (χ4n) is 6.19. The molecule has 0 amide bonds. The molecule has 16 nitrogen and oxygen atoms in total. The summed E-state index contributed by atoms with van der Waals surface area (Å²) in [5, 5.41) is 0. The van der Waals surface area contributed by atoms with Gasteiger partial charge in [0.2, 0.25) is 0 Å². The zero-order valence-electron chi connectivity index (χ0n) is 33.8. The summed E-state index contributed by atoms with van der Waals surface area (Å²) in [6.07, 6.45) is 0. The summed E-state index contributed by atoms with van der Waals surface area (Å²) in [6.45, 7) is -4.97. The maximum atomic E-state index is 8.72. The number of halogens is 1. The predicted molar refractivity (Wildman–Crippen MR) is 214 cm³/mol. The van der Waals surface area contributed by atoms with Gasteiger partial charge in [0.25, 0.3) is 0 Å². The van der Waals surface area contributed by atoms with Gasteiger partial charge in [-0.05, 0) is 0 Å². The first kappa shape index (κ1) is 47.2. The molecule has 0 aliphatic carbocycles. The van der Waals surface area contributed by atoms with Gasteiger partial charge in [0.1, 0.15) is 0 Å². The minimum atomic E-state index is -4.97. The summed E-state index contributed by atoms with van der Waals surface area (Å²) >= 11 is 8.72. The van der Waals surface area contributed by atoms with Crippen molar-refractivity contribution in [2.24, 2.45) is 18.1 Å². The van der Waals surface area contributed by atoms with Crippen molar-refractivity contribution in [3.05, 3.63) is 0 Å². The third-order valence-corrected chi connectivity index (χ3v) is 31.6. The van der Waals surface area contributed by atoms with E-state index in [1.807, 2.05) is 0 Å². The topological polar surface area (TPSA) is 88.3 Å². The van der Waals surface area contributed by atoms with E-state index in [4.69, 9.17) is 29.3 Å². The van der Waals surface area contributed by atoms with Gasteiger partial charge in [0, 0.05) is 0 Å². The Morgan fingerprint density at radius 1 is 0.261 bits per heavy atom. The second-order valence-corrected chi connectivity index (χ2v) is 33.8. The molecule has 0 aromatic carbocycles. The van der Waals surface area contributed by atoms with Gasteiger partial charge >= 0.3 is 291 Å². The fourth-order valence-corrected chi connectivity index (χ4v) is 35.1. The summed E-state index contributed by atoms with van der Waals surface area (Å²) in [5.74, 6) is 0. The summed E-state index contributed by atoms with van der Waals surface area (Å²) in [5.41, 5.74) is 0. The molecule has 0 aromatic heterocycles. The van der Waals surface area contributed by atoms with Crippen molar-refractivity contribution < 1.29 is 0 Å². The first-order valence-electron chi connectivity index (χ1n) is 14.9. The van der Waals surface area contributed by atoms with Gasteiger partial charge in [0.15, 0.2) is 0 Å². The van der Waals surface area contributed by atoms with E-state index < -0.39 is 36.6 Å². The van der Waals surface area contributed by atoms with E-state index in [2.05, 4.69) is 225 Å². The van der Waals surface area contributed by atoms with Gasteiger partial charge in [0.05, 0.1) is 0 Å². The van der Waals surface area contributed by atoms with Gasteiger partial charge in [-0.1, -0.05) is 0 Å². The molecule has 0 aliphatic rings. The molecule has 280 valence electrons. The molecule has 46 heavy (non-hydrogen) atoms. The van der Waals surface area contributed by atoms with E-state index >= 15 is 0 Å². The van der Waals surface area contributed by atoms with E-state index in [-0.39, 0.29) is 0 Å². The summed E-state index contributed by atoms with van der Waals surface area (Å²) in [4.78, 5) is 0. The van der Waals surface area contributed by atoms with Gasteiger partial charge in [-0.15, -0.1) is 0 Å². The molecule has 0 atom stereocenters. The molecule has 0 spiro atoms. The number of hydrogen-bond donors (Lipinski definition) is 0. The van der Waals surface area contributed by atoms with Crippen molar-refractivity contribution >= 4 is 47.8 Å². The molecule has 0 fully saturated rings. The van der Waals surface area contributed by atoms with Crippen molar-refractivity contribution in [3.8, 4) is 0 Å². The third-order valence-electron chi connectivity index (χ3n) is 7.54. The molecule has 0 saturated carbocycles. The monoisotopic (exact) mass is 774 g/mol. The van der Waals surface area contributed by atoms with Crippen LogP contribution >= 0.6 is 47.8 Å². The van der Waals surface area contributed by atoms with E-state index in [9.17, 15) is 0 Å². The molecule has 0 rings (SSSR count). The predicted octanol–water partition coefficient (Wildman–Crippen LogP) is 5.88. The van der Waals surface area contributed by atoms with Crippen LogP contribution in [0.3, 0.4) is 0 Å². The molecular formula is C24H72ClN16P5. The van der Waals surface area contributed by atoms with Crippen molar-refractivity contribution in [1.82, 2.24) is 56.0 Å². The first-order valence-corrected chi connectivity index (χ1v) is 24.3. The van der Waals surface area contributed by atoms with Crippen LogP contribution in [0.15, 0.2) is 18.1 Å². The van der Waals surface area contributed by atoms with Crippen molar-refractivity contribution in [2.45, 2.75) is 0 Å². The number of nitrogens with zero attached hydrogens (tertiary/aromatic N) is 16. The van der Waals surface area contributed by atoms with E-state index in [1.165, 1.54) is 0 Å². The third kappa shape index (κ3) is 8.61. The molecule has 0 saturated heterocycles. The van der Waals surface area contributed by atoms with Crippen molar-refractivity contribution in [1.29, 1.82) is 0 Å². The normalized spacial score (nSPS) is 15.7. The van der Waals surface area contributed by atoms with E-state index in [0.29, 0.717) is 0 Å². The van der Waals surface area contributed by atoms with Crippen molar-refractivity contribution in [3.63, 3.8) is 0 Å². The van der Waals surface area contributed by atoms with E-state index in [0.717, 1.165) is 0 Å².